The average molecular weight is 223 g/mol. The molecule has 0 aliphatic carbocycles. The van der Waals surface area contributed by atoms with Crippen LogP contribution in [0, 0.1) is 0 Å². The quantitative estimate of drug-likeness (QED) is 0.703. The van der Waals surface area contributed by atoms with Crippen molar-refractivity contribution in [3.8, 4) is 0 Å². The highest BCUT2D eigenvalue weighted by atomic mass is 16.2. The van der Waals surface area contributed by atoms with Crippen LogP contribution in [0.4, 0.5) is 5.82 Å². The Hall–Kier alpha value is -1.69. The molecule has 0 radical (unpaired) electrons. The van der Waals surface area contributed by atoms with Gasteiger partial charge in [0, 0.05) is 20.1 Å². The third kappa shape index (κ3) is 3.47. The summed E-state index contributed by atoms with van der Waals surface area (Å²) in [6.07, 6.45) is 3.23. The smallest absolute Gasteiger partial charge is 0.239 e. The molecule has 0 unspecified atom stereocenters. The summed E-state index contributed by atoms with van der Waals surface area (Å²) in [5, 5.41) is 2.72. The van der Waals surface area contributed by atoms with Crippen molar-refractivity contribution in [2.75, 3.05) is 25.0 Å². The molecule has 0 atom stereocenters. The van der Waals surface area contributed by atoms with Crippen LogP contribution in [-0.2, 0) is 11.3 Å². The Morgan fingerprint density at radius 2 is 2.25 bits per heavy atom. The molecule has 1 aromatic heterocycles. The summed E-state index contributed by atoms with van der Waals surface area (Å²) >= 11 is 0. The maximum absolute atomic E-state index is 11.3. The molecular weight excluding hydrogens is 206 g/mol. The molecule has 1 aromatic rings. The SMILES string of the molecule is CCNC(=O)CN(C)c1cnc(CN)cn1. The van der Waals surface area contributed by atoms with E-state index >= 15 is 0 Å². The van der Waals surface area contributed by atoms with E-state index in [4.69, 9.17) is 5.73 Å². The topological polar surface area (TPSA) is 84.1 Å². The van der Waals surface area contributed by atoms with Gasteiger partial charge in [0.1, 0.15) is 5.82 Å². The first kappa shape index (κ1) is 12.4. The highest BCUT2D eigenvalue weighted by molar-refractivity contribution is 5.80. The van der Waals surface area contributed by atoms with Gasteiger partial charge in [0.05, 0.1) is 24.6 Å². The van der Waals surface area contributed by atoms with Gasteiger partial charge in [-0.3, -0.25) is 9.78 Å². The van der Waals surface area contributed by atoms with Crippen molar-refractivity contribution in [2.45, 2.75) is 13.5 Å². The molecule has 0 aliphatic heterocycles. The van der Waals surface area contributed by atoms with Crippen LogP contribution in [-0.4, -0.2) is 36.0 Å². The Balaban J connectivity index is 2.58. The van der Waals surface area contributed by atoms with E-state index in [1.54, 1.807) is 24.3 Å². The van der Waals surface area contributed by atoms with E-state index in [2.05, 4.69) is 15.3 Å². The molecule has 16 heavy (non-hydrogen) atoms. The van der Waals surface area contributed by atoms with Gasteiger partial charge in [0.2, 0.25) is 5.91 Å². The van der Waals surface area contributed by atoms with Gasteiger partial charge in [-0.05, 0) is 6.92 Å². The first-order chi connectivity index (χ1) is 7.67. The summed E-state index contributed by atoms with van der Waals surface area (Å²) in [5.74, 6) is 0.623. The fourth-order valence-corrected chi connectivity index (χ4v) is 1.20. The van der Waals surface area contributed by atoms with Crippen LogP contribution < -0.4 is 16.0 Å². The molecule has 0 saturated heterocycles. The van der Waals surface area contributed by atoms with Crippen LogP contribution >= 0.6 is 0 Å². The van der Waals surface area contributed by atoms with Crippen molar-refractivity contribution in [3.63, 3.8) is 0 Å². The first-order valence-electron chi connectivity index (χ1n) is 5.16. The Kier molecular flexibility index (Phi) is 4.65. The number of aromatic nitrogens is 2. The predicted molar refractivity (Wildman–Crippen MR) is 61.9 cm³/mol. The van der Waals surface area contributed by atoms with E-state index in [1.165, 1.54) is 0 Å². The first-order valence-corrected chi connectivity index (χ1v) is 5.16. The fraction of sp³-hybridized carbons (Fsp3) is 0.500. The van der Waals surface area contributed by atoms with Gasteiger partial charge in [-0.25, -0.2) is 4.98 Å². The second-order valence-corrected chi connectivity index (χ2v) is 3.38. The molecule has 88 valence electrons. The summed E-state index contributed by atoms with van der Waals surface area (Å²) in [5.41, 5.74) is 6.15. The van der Waals surface area contributed by atoms with Gasteiger partial charge in [-0.15, -0.1) is 0 Å². The highest BCUT2D eigenvalue weighted by Crippen LogP contribution is 2.05. The molecule has 3 N–H and O–H groups in total. The second kappa shape index (κ2) is 6.02. The summed E-state index contributed by atoms with van der Waals surface area (Å²) in [6, 6.07) is 0. The third-order valence-electron chi connectivity index (χ3n) is 2.05. The molecule has 0 saturated carbocycles. The lowest BCUT2D eigenvalue weighted by molar-refractivity contribution is -0.119. The minimum atomic E-state index is -0.0327. The predicted octanol–water partition coefficient (Wildman–Crippen LogP) is -0.492. The van der Waals surface area contributed by atoms with Crippen molar-refractivity contribution in [1.29, 1.82) is 0 Å². The summed E-state index contributed by atoms with van der Waals surface area (Å²) < 4.78 is 0. The van der Waals surface area contributed by atoms with Crippen molar-refractivity contribution in [1.82, 2.24) is 15.3 Å². The number of carbonyl (C=O) groups excluding carboxylic acids is 1. The molecule has 1 rings (SSSR count). The number of anilines is 1. The standard InChI is InChI=1S/C10H17N5O/c1-3-12-10(16)7-15(2)9-6-13-8(4-11)5-14-9/h5-6H,3-4,7,11H2,1-2H3,(H,12,16). The number of hydrogen-bond acceptors (Lipinski definition) is 5. The maximum atomic E-state index is 11.3. The lowest BCUT2D eigenvalue weighted by atomic mass is 10.4. The van der Waals surface area contributed by atoms with Gasteiger partial charge in [-0.1, -0.05) is 0 Å². The number of nitrogens with one attached hydrogen (secondary N) is 1. The van der Waals surface area contributed by atoms with Gasteiger partial charge >= 0.3 is 0 Å². The molecule has 1 heterocycles. The van der Waals surface area contributed by atoms with Crippen molar-refractivity contribution < 1.29 is 4.79 Å². The van der Waals surface area contributed by atoms with Crippen LogP contribution in [0.25, 0.3) is 0 Å². The summed E-state index contributed by atoms with van der Waals surface area (Å²) in [7, 11) is 1.79. The van der Waals surface area contributed by atoms with E-state index in [0.29, 0.717) is 18.9 Å². The molecule has 6 nitrogen and oxygen atoms in total. The normalized spacial score (nSPS) is 9.94. The third-order valence-corrected chi connectivity index (χ3v) is 2.05. The average Bonchev–Trinajstić information content (AvgIpc) is 2.29. The van der Waals surface area contributed by atoms with Crippen LogP contribution in [0.5, 0.6) is 0 Å². The van der Waals surface area contributed by atoms with Crippen LogP contribution in [0.1, 0.15) is 12.6 Å². The number of nitrogens with zero attached hydrogens (tertiary/aromatic N) is 3. The monoisotopic (exact) mass is 223 g/mol. The number of likely N-dealkylation sites (N-methyl/N-ethyl adjacent to an activating group) is 2. The molecule has 6 heteroatoms. The zero-order valence-corrected chi connectivity index (χ0v) is 9.60. The molecule has 0 bridgehead atoms. The van der Waals surface area contributed by atoms with E-state index in [0.717, 1.165) is 5.69 Å². The van der Waals surface area contributed by atoms with Crippen molar-refractivity contribution >= 4 is 11.7 Å². The minimum absolute atomic E-state index is 0.0327. The Morgan fingerprint density at radius 1 is 1.50 bits per heavy atom. The number of nitrogens with two attached hydrogens (primary N) is 1. The Morgan fingerprint density at radius 3 is 2.75 bits per heavy atom. The van der Waals surface area contributed by atoms with Gasteiger partial charge in [0.25, 0.3) is 0 Å². The van der Waals surface area contributed by atoms with Gasteiger partial charge < -0.3 is 16.0 Å². The van der Waals surface area contributed by atoms with E-state index < -0.39 is 0 Å². The minimum Gasteiger partial charge on any atom is -0.355 e. The van der Waals surface area contributed by atoms with Crippen LogP contribution in [0.3, 0.4) is 0 Å². The molecule has 1 amide bonds. The number of amides is 1. The summed E-state index contributed by atoms with van der Waals surface area (Å²) in [6.45, 7) is 3.15. The zero-order chi connectivity index (χ0) is 12.0. The highest BCUT2D eigenvalue weighted by Gasteiger charge is 2.07. The number of hydrogen-bond donors (Lipinski definition) is 2. The molecule has 0 aromatic carbocycles. The van der Waals surface area contributed by atoms with E-state index in [1.807, 2.05) is 6.92 Å². The van der Waals surface area contributed by atoms with E-state index in [9.17, 15) is 4.79 Å². The second-order valence-electron chi connectivity index (χ2n) is 3.38. The van der Waals surface area contributed by atoms with Crippen molar-refractivity contribution in [3.05, 3.63) is 18.1 Å². The molecule has 0 fully saturated rings. The van der Waals surface area contributed by atoms with Gasteiger partial charge in [-0.2, -0.15) is 0 Å². The molecular formula is C10H17N5O. The Labute approximate surface area is 94.9 Å². The Bertz CT molecular complexity index is 338. The maximum Gasteiger partial charge on any atom is 0.239 e. The number of carbonyl (C=O) groups is 1. The lowest BCUT2D eigenvalue weighted by Crippen LogP contribution is -2.35. The molecule has 0 aliphatic rings. The van der Waals surface area contributed by atoms with Crippen molar-refractivity contribution in [2.24, 2.45) is 5.73 Å². The van der Waals surface area contributed by atoms with Crippen LogP contribution in [0.2, 0.25) is 0 Å². The van der Waals surface area contributed by atoms with Gasteiger partial charge in [0.15, 0.2) is 0 Å². The molecule has 0 spiro atoms. The van der Waals surface area contributed by atoms with Crippen LogP contribution in [0.15, 0.2) is 12.4 Å². The largest absolute Gasteiger partial charge is 0.355 e. The lowest BCUT2D eigenvalue weighted by Gasteiger charge is -2.16. The summed E-state index contributed by atoms with van der Waals surface area (Å²) in [4.78, 5) is 21.3. The van der Waals surface area contributed by atoms with E-state index in [-0.39, 0.29) is 12.5 Å². The fourth-order valence-electron chi connectivity index (χ4n) is 1.20. The zero-order valence-electron chi connectivity index (χ0n) is 9.60. The number of rotatable bonds is 5.